The lowest BCUT2D eigenvalue weighted by molar-refractivity contribution is 0.0985. The van der Waals surface area contributed by atoms with E-state index in [0.717, 1.165) is 16.3 Å². The van der Waals surface area contributed by atoms with Gasteiger partial charge in [0, 0.05) is 43.0 Å². The predicted octanol–water partition coefficient (Wildman–Crippen LogP) is 2.66. The van der Waals surface area contributed by atoms with Gasteiger partial charge in [-0.15, -0.1) is 6.42 Å². The van der Waals surface area contributed by atoms with Gasteiger partial charge in [0.05, 0.1) is 46.7 Å². The fraction of sp³-hybridized carbons (Fsp3) is 0.125. The van der Waals surface area contributed by atoms with E-state index < -0.39 is 0 Å². The summed E-state index contributed by atoms with van der Waals surface area (Å²) < 4.78 is 3.39. The van der Waals surface area contributed by atoms with Crippen molar-refractivity contribution in [3.8, 4) is 12.3 Å². The average Bonchev–Trinajstić information content (AvgIpc) is 3.43. The molecule has 0 atom stereocenters. The molecule has 2 N–H and O–H groups in total. The molecule has 5 aromatic rings. The van der Waals surface area contributed by atoms with Gasteiger partial charge in [0.15, 0.2) is 0 Å². The minimum Gasteiger partial charge on any atom is -0.383 e. The summed E-state index contributed by atoms with van der Waals surface area (Å²) in [6, 6.07) is 8.99. The first-order chi connectivity index (χ1) is 15.9. The number of pyridine rings is 2. The van der Waals surface area contributed by atoms with Gasteiger partial charge in [-0.25, -0.2) is 4.98 Å². The molecule has 0 saturated heterocycles. The number of carbonyl (C=O) groups excluding carboxylic acids is 1. The van der Waals surface area contributed by atoms with Gasteiger partial charge in [-0.2, -0.15) is 10.2 Å². The molecular formula is C24H20N8O. The van der Waals surface area contributed by atoms with Crippen LogP contribution in [-0.2, 0) is 20.6 Å². The van der Waals surface area contributed by atoms with Gasteiger partial charge < -0.3 is 5.73 Å². The third-order valence-corrected chi connectivity index (χ3v) is 5.51. The first-order valence-corrected chi connectivity index (χ1v) is 10.2. The molecule has 1 aromatic carbocycles. The lowest BCUT2D eigenvalue weighted by Crippen LogP contribution is -2.30. The standard InChI is InChI=1S/C24H20N8O/c1-4-15-5-7-17(26-10-15)13-32(18-11-27-30(2)14-18)24(33)16-6-8-21-19(9-16)22-20(23(25)29-21)12-28-31(22)3/h1,5-12,14H,13H2,2-3H3,(H2,25,29). The van der Waals surface area contributed by atoms with E-state index >= 15 is 0 Å². The van der Waals surface area contributed by atoms with Crippen LogP contribution in [0, 0.1) is 12.3 Å². The molecule has 4 aromatic heterocycles. The van der Waals surface area contributed by atoms with Crippen LogP contribution in [0.4, 0.5) is 11.5 Å². The molecule has 0 unspecified atom stereocenters. The predicted molar refractivity (Wildman–Crippen MR) is 126 cm³/mol. The first-order valence-electron chi connectivity index (χ1n) is 10.2. The number of hydrogen-bond donors (Lipinski definition) is 1. The first kappa shape index (κ1) is 20.2. The minimum atomic E-state index is -0.195. The summed E-state index contributed by atoms with van der Waals surface area (Å²) in [6.07, 6.45) is 12.2. The van der Waals surface area contributed by atoms with Crippen molar-refractivity contribution in [2.24, 2.45) is 14.1 Å². The van der Waals surface area contributed by atoms with Crippen LogP contribution in [0.5, 0.6) is 0 Å². The molecule has 0 bridgehead atoms. The number of carbonyl (C=O) groups is 1. The molecule has 0 saturated carbocycles. The number of anilines is 2. The SMILES string of the molecule is C#Cc1ccc(CN(C(=O)c2ccc3nc(N)c4cnn(C)c4c3c2)c2cnn(C)c2)nc1. The van der Waals surface area contributed by atoms with Gasteiger partial charge in [-0.05, 0) is 30.3 Å². The monoisotopic (exact) mass is 436 g/mol. The number of hydrogen-bond acceptors (Lipinski definition) is 6. The molecule has 162 valence electrons. The summed E-state index contributed by atoms with van der Waals surface area (Å²) in [5.74, 6) is 2.76. The van der Waals surface area contributed by atoms with Crippen molar-refractivity contribution < 1.29 is 4.79 Å². The van der Waals surface area contributed by atoms with E-state index in [1.165, 1.54) is 0 Å². The molecule has 1 amide bonds. The van der Waals surface area contributed by atoms with E-state index in [-0.39, 0.29) is 12.5 Å². The van der Waals surface area contributed by atoms with Crippen molar-refractivity contribution in [1.29, 1.82) is 0 Å². The molecular weight excluding hydrogens is 416 g/mol. The van der Waals surface area contributed by atoms with Gasteiger partial charge in [0.25, 0.3) is 5.91 Å². The van der Waals surface area contributed by atoms with Crippen molar-refractivity contribution in [2.75, 3.05) is 10.6 Å². The second-order valence-electron chi connectivity index (χ2n) is 7.71. The number of aryl methyl sites for hydroxylation is 2. The normalized spacial score (nSPS) is 11.1. The summed E-state index contributed by atoms with van der Waals surface area (Å²) in [6.45, 7) is 0.258. The van der Waals surface area contributed by atoms with Crippen LogP contribution in [0.15, 0.2) is 55.1 Å². The Morgan fingerprint density at radius 1 is 1.12 bits per heavy atom. The van der Waals surface area contributed by atoms with Crippen molar-refractivity contribution in [2.45, 2.75) is 6.54 Å². The number of fused-ring (bicyclic) bond motifs is 3. The third-order valence-electron chi connectivity index (χ3n) is 5.51. The molecule has 0 aliphatic rings. The summed E-state index contributed by atoms with van der Waals surface area (Å²) in [5.41, 5.74) is 10.2. The fourth-order valence-electron chi connectivity index (χ4n) is 3.84. The Labute approximate surface area is 189 Å². The Morgan fingerprint density at radius 3 is 2.67 bits per heavy atom. The van der Waals surface area contributed by atoms with Crippen molar-refractivity contribution in [3.05, 3.63) is 71.9 Å². The number of benzene rings is 1. The Hall–Kier alpha value is -4.71. The Bertz CT molecular complexity index is 1560. The van der Waals surface area contributed by atoms with Crippen LogP contribution in [0.2, 0.25) is 0 Å². The van der Waals surface area contributed by atoms with Crippen molar-refractivity contribution >= 4 is 39.2 Å². The number of amides is 1. The van der Waals surface area contributed by atoms with E-state index in [1.54, 1.807) is 64.3 Å². The minimum absolute atomic E-state index is 0.195. The third kappa shape index (κ3) is 3.53. The number of aromatic nitrogens is 6. The Balaban J connectivity index is 1.60. The number of rotatable bonds is 4. The summed E-state index contributed by atoms with van der Waals surface area (Å²) in [4.78, 5) is 24.2. The quantitative estimate of drug-likeness (QED) is 0.434. The molecule has 4 heterocycles. The molecule has 9 nitrogen and oxygen atoms in total. The van der Waals surface area contributed by atoms with Crippen LogP contribution in [0.3, 0.4) is 0 Å². The van der Waals surface area contributed by atoms with Gasteiger partial charge >= 0.3 is 0 Å². The summed E-state index contributed by atoms with van der Waals surface area (Å²) in [5, 5.41) is 10.1. The number of nitrogen functional groups attached to an aromatic ring is 1. The van der Waals surface area contributed by atoms with Crippen molar-refractivity contribution in [3.63, 3.8) is 0 Å². The molecule has 33 heavy (non-hydrogen) atoms. The zero-order chi connectivity index (χ0) is 23.1. The maximum atomic E-state index is 13.7. The molecule has 0 radical (unpaired) electrons. The highest BCUT2D eigenvalue weighted by Gasteiger charge is 2.22. The molecule has 0 aliphatic heterocycles. The summed E-state index contributed by atoms with van der Waals surface area (Å²) in [7, 11) is 3.64. The zero-order valence-electron chi connectivity index (χ0n) is 18.1. The molecule has 0 aliphatic carbocycles. The van der Waals surface area contributed by atoms with E-state index in [1.807, 2.05) is 19.2 Å². The topological polar surface area (TPSA) is 108 Å². The summed E-state index contributed by atoms with van der Waals surface area (Å²) >= 11 is 0. The van der Waals surface area contributed by atoms with Gasteiger partial charge in [0.2, 0.25) is 0 Å². The molecule has 0 spiro atoms. The highest BCUT2D eigenvalue weighted by atomic mass is 16.2. The molecule has 5 rings (SSSR count). The van der Waals surface area contributed by atoms with Crippen LogP contribution in [-0.4, -0.2) is 35.4 Å². The lowest BCUT2D eigenvalue weighted by Gasteiger charge is -2.21. The number of nitrogens with two attached hydrogens (primary N) is 1. The highest BCUT2D eigenvalue weighted by molar-refractivity contribution is 6.12. The Kier molecular flexibility index (Phi) is 4.75. The Morgan fingerprint density at radius 2 is 1.97 bits per heavy atom. The second kappa shape index (κ2) is 7.76. The van der Waals surface area contributed by atoms with Crippen LogP contribution in [0.1, 0.15) is 21.6 Å². The van der Waals surface area contributed by atoms with E-state index in [0.29, 0.717) is 33.8 Å². The highest BCUT2D eigenvalue weighted by Crippen LogP contribution is 2.29. The smallest absolute Gasteiger partial charge is 0.258 e. The van der Waals surface area contributed by atoms with Crippen LogP contribution >= 0.6 is 0 Å². The molecule has 9 heteroatoms. The van der Waals surface area contributed by atoms with Crippen LogP contribution in [0.25, 0.3) is 21.8 Å². The molecule has 0 fully saturated rings. The lowest BCUT2D eigenvalue weighted by atomic mass is 10.1. The number of nitrogens with zero attached hydrogens (tertiary/aromatic N) is 7. The van der Waals surface area contributed by atoms with Gasteiger partial charge in [0.1, 0.15) is 5.82 Å². The largest absolute Gasteiger partial charge is 0.383 e. The van der Waals surface area contributed by atoms with E-state index in [2.05, 4.69) is 26.1 Å². The average molecular weight is 436 g/mol. The fourth-order valence-corrected chi connectivity index (χ4v) is 3.84. The van der Waals surface area contributed by atoms with Crippen LogP contribution < -0.4 is 10.6 Å². The van der Waals surface area contributed by atoms with E-state index in [4.69, 9.17) is 12.2 Å². The maximum absolute atomic E-state index is 13.7. The van der Waals surface area contributed by atoms with Gasteiger partial charge in [-0.1, -0.05) is 5.92 Å². The van der Waals surface area contributed by atoms with Gasteiger partial charge in [-0.3, -0.25) is 24.0 Å². The maximum Gasteiger partial charge on any atom is 0.258 e. The van der Waals surface area contributed by atoms with E-state index in [9.17, 15) is 4.79 Å². The van der Waals surface area contributed by atoms with Crippen molar-refractivity contribution in [1.82, 2.24) is 29.5 Å². The second-order valence-corrected chi connectivity index (χ2v) is 7.71. The zero-order valence-corrected chi connectivity index (χ0v) is 18.1. The number of terminal acetylenes is 1.